The van der Waals surface area contributed by atoms with Gasteiger partial charge in [0, 0.05) is 6.42 Å². The van der Waals surface area contributed by atoms with E-state index in [4.69, 9.17) is 9.47 Å². The van der Waals surface area contributed by atoms with Gasteiger partial charge in [-0.2, -0.15) is 0 Å². The highest BCUT2D eigenvalue weighted by atomic mass is 16.5. The van der Waals surface area contributed by atoms with Crippen LogP contribution in [0.5, 0.6) is 5.75 Å². The Morgan fingerprint density at radius 3 is 1.66 bits per heavy atom. The first kappa shape index (κ1) is 32.4. The van der Waals surface area contributed by atoms with Crippen molar-refractivity contribution < 1.29 is 14.3 Å². The lowest BCUT2D eigenvalue weighted by Crippen LogP contribution is -2.08. The van der Waals surface area contributed by atoms with Crippen molar-refractivity contribution in [2.45, 2.75) is 117 Å². The van der Waals surface area contributed by atoms with Gasteiger partial charge in [0.15, 0.2) is 0 Å². The Bertz CT molecular complexity index is 1120. The maximum Gasteiger partial charge on any atom is 0.306 e. The van der Waals surface area contributed by atoms with Crippen LogP contribution in [0.4, 0.5) is 0 Å². The van der Waals surface area contributed by atoms with Gasteiger partial charge in [0.25, 0.3) is 0 Å². The Kier molecular flexibility index (Phi) is 15.1. The number of ether oxygens (including phenoxy) is 2. The molecule has 0 heterocycles. The molecule has 0 saturated heterocycles. The number of esters is 1. The molecule has 0 saturated carbocycles. The third-order valence-electron chi connectivity index (χ3n) is 7.84. The molecule has 0 bridgehead atoms. The first-order valence-electron chi connectivity index (χ1n) is 16.2. The molecule has 41 heavy (non-hydrogen) atoms. The number of hydrogen-bond acceptors (Lipinski definition) is 3. The Labute approximate surface area is 249 Å². The molecule has 0 amide bonds. The molecule has 0 aliphatic rings. The Morgan fingerprint density at radius 2 is 1.10 bits per heavy atom. The third-order valence-corrected chi connectivity index (χ3v) is 7.84. The summed E-state index contributed by atoms with van der Waals surface area (Å²) in [7, 11) is 0. The first-order valence-corrected chi connectivity index (χ1v) is 16.2. The zero-order valence-electron chi connectivity index (χ0n) is 25.8. The van der Waals surface area contributed by atoms with Crippen molar-refractivity contribution in [3.8, 4) is 28.0 Å². The molecular weight excluding hydrogens is 504 g/mol. The van der Waals surface area contributed by atoms with Gasteiger partial charge in [-0.15, -0.1) is 0 Å². The Balaban J connectivity index is 1.48. The summed E-state index contributed by atoms with van der Waals surface area (Å²) in [5, 5.41) is 0. The fraction of sp³-hybridized carbons (Fsp3) is 0.500. The summed E-state index contributed by atoms with van der Waals surface area (Å²) in [5.41, 5.74) is 5.71. The van der Waals surface area contributed by atoms with E-state index in [0.717, 1.165) is 42.7 Å². The van der Waals surface area contributed by atoms with Crippen LogP contribution in [0.2, 0.25) is 0 Å². The second kappa shape index (κ2) is 19.1. The van der Waals surface area contributed by atoms with Crippen molar-refractivity contribution in [3.63, 3.8) is 0 Å². The van der Waals surface area contributed by atoms with Gasteiger partial charge in [-0.05, 0) is 59.7 Å². The molecule has 222 valence electrons. The van der Waals surface area contributed by atoms with E-state index in [2.05, 4.69) is 86.6 Å². The summed E-state index contributed by atoms with van der Waals surface area (Å²) in [5.74, 6) is 0.830. The molecule has 3 heteroatoms. The molecule has 0 aliphatic carbocycles. The summed E-state index contributed by atoms with van der Waals surface area (Å²) in [6.45, 7) is 7.21. The SMILES string of the molecule is CCCCCCCCCCCC(=O)OC(C)c1ccc(-c2ccccc2-c2ccc(OCCCCCC)cc2)cc1. The zero-order valence-corrected chi connectivity index (χ0v) is 25.8. The minimum atomic E-state index is -0.250. The third kappa shape index (κ3) is 11.7. The summed E-state index contributed by atoms with van der Waals surface area (Å²) in [4.78, 5) is 12.4. The van der Waals surface area contributed by atoms with Crippen molar-refractivity contribution in [2.24, 2.45) is 0 Å². The molecule has 0 radical (unpaired) electrons. The van der Waals surface area contributed by atoms with E-state index < -0.39 is 0 Å². The molecule has 3 nitrogen and oxygen atoms in total. The van der Waals surface area contributed by atoms with Gasteiger partial charge in [-0.3, -0.25) is 4.79 Å². The van der Waals surface area contributed by atoms with Gasteiger partial charge in [-0.1, -0.05) is 145 Å². The van der Waals surface area contributed by atoms with Gasteiger partial charge in [0.1, 0.15) is 11.9 Å². The Hall–Kier alpha value is -3.07. The van der Waals surface area contributed by atoms with Crippen LogP contribution in [0.25, 0.3) is 22.3 Å². The highest BCUT2D eigenvalue weighted by molar-refractivity contribution is 5.83. The summed E-state index contributed by atoms with van der Waals surface area (Å²) in [6.07, 6.45) is 16.3. The van der Waals surface area contributed by atoms with Crippen LogP contribution < -0.4 is 4.74 Å². The number of carbonyl (C=O) groups is 1. The van der Waals surface area contributed by atoms with E-state index in [9.17, 15) is 4.79 Å². The molecule has 3 rings (SSSR count). The van der Waals surface area contributed by atoms with E-state index in [1.165, 1.54) is 80.9 Å². The van der Waals surface area contributed by atoms with Crippen LogP contribution in [-0.2, 0) is 9.53 Å². The van der Waals surface area contributed by atoms with Crippen molar-refractivity contribution in [3.05, 3.63) is 78.4 Å². The van der Waals surface area contributed by atoms with Crippen molar-refractivity contribution in [2.75, 3.05) is 6.61 Å². The van der Waals surface area contributed by atoms with Crippen LogP contribution in [0.1, 0.15) is 122 Å². The average Bonchev–Trinajstić information content (AvgIpc) is 3.00. The molecule has 1 atom stereocenters. The molecule has 0 aliphatic heterocycles. The second-order valence-corrected chi connectivity index (χ2v) is 11.3. The van der Waals surface area contributed by atoms with Crippen molar-refractivity contribution in [1.82, 2.24) is 0 Å². The molecular formula is C38H52O3. The van der Waals surface area contributed by atoms with Crippen LogP contribution >= 0.6 is 0 Å². The lowest BCUT2D eigenvalue weighted by molar-refractivity contribution is -0.148. The molecule has 3 aromatic rings. The number of unbranched alkanes of at least 4 members (excludes halogenated alkanes) is 11. The molecule has 0 fully saturated rings. The fourth-order valence-electron chi connectivity index (χ4n) is 5.27. The number of carbonyl (C=O) groups excluding carboxylic acids is 1. The topological polar surface area (TPSA) is 35.5 Å². The zero-order chi connectivity index (χ0) is 29.1. The highest BCUT2D eigenvalue weighted by Gasteiger charge is 2.13. The maximum atomic E-state index is 12.4. The van der Waals surface area contributed by atoms with Gasteiger partial charge >= 0.3 is 5.97 Å². The van der Waals surface area contributed by atoms with Gasteiger partial charge in [0.2, 0.25) is 0 Å². The van der Waals surface area contributed by atoms with Crippen LogP contribution in [0.15, 0.2) is 72.8 Å². The van der Waals surface area contributed by atoms with Crippen LogP contribution in [0, 0.1) is 0 Å². The minimum absolute atomic E-state index is 0.0942. The smallest absolute Gasteiger partial charge is 0.306 e. The van der Waals surface area contributed by atoms with Crippen LogP contribution in [0.3, 0.4) is 0 Å². The van der Waals surface area contributed by atoms with Gasteiger partial charge < -0.3 is 9.47 Å². The monoisotopic (exact) mass is 556 g/mol. The predicted molar refractivity (Wildman–Crippen MR) is 173 cm³/mol. The first-order chi connectivity index (χ1) is 20.1. The van der Waals surface area contributed by atoms with Crippen molar-refractivity contribution >= 4 is 5.97 Å². The maximum absolute atomic E-state index is 12.4. The van der Waals surface area contributed by atoms with E-state index in [1.54, 1.807) is 0 Å². The quantitative estimate of drug-likeness (QED) is 0.103. The molecule has 3 aromatic carbocycles. The lowest BCUT2D eigenvalue weighted by atomic mass is 9.93. The second-order valence-electron chi connectivity index (χ2n) is 11.3. The minimum Gasteiger partial charge on any atom is -0.494 e. The highest BCUT2D eigenvalue weighted by Crippen LogP contribution is 2.33. The molecule has 0 N–H and O–H groups in total. The van der Waals surface area contributed by atoms with E-state index in [0.29, 0.717) is 6.42 Å². The number of hydrogen-bond donors (Lipinski definition) is 0. The van der Waals surface area contributed by atoms with E-state index >= 15 is 0 Å². The summed E-state index contributed by atoms with van der Waals surface area (Å²) < 4.78 is 11.7. The molecule has 1 unspecified atom stereocenters. The Morgan fingerprint density at radius 1 is 0.610 bits per heavy atom. The van der Waals surface area contributed by atoms with Gasteiger partial charge in [-0.25, -0.2) is 0 Å². The molecule has 0 aromatic heterocycles. The molecule has 0 spiro atoms. The van der Waals surface area contributed by atoms with Crippen molar-refractivity contribution in [1.29, 1.82) is 0 Å². The summed E-state index contributed by atoms with van der Waals surface area (Å²) >= 11 is 0. The standard InChI is InChI=1S/C38H52O3/c1-4-6-8-10-11-12-13-14-15-21-38(39)41-31(3)32-22-24-33(25-23-32)36-19-16-17-20-37(36)34-26-28-35(29-27-34)40-30-18-9-7-5-2/h16-17,19-20,22-29,31H,4-15,18,21,30H2,1-3H3. The summed E-state index contributed by atoms with van der Waals surface area (Å²) in [6, 6.07) is 25.3. The van der Waals surface area contributed by atoms with E-state index in [-0.39, 0.29) is 12.1 Å². The lowest BCUT2D eigenvalue weighted by Gasteiger charge is -2.15. The normalized spacial score (nSPS) is 11.8. The van der Waals surface area contributed by atoms with Crippen LogP contribution in [-0.4, -0.2) is 12.6 Å². The largest absolute Gasteiger partial charge is 0.494 e. The van der Waals surface area contributed by atoms with E-state index in [1.807, 2.05) is 6.92 Å². The number of benzene rings is 3. The average molecular weight is 557 g/mol. The fourth-order valence-corrected chi connectivity index (χ4v) is 5.27. The van der Waals surface area contributed by atoms with Gasteiger partial charge in [0.05, 0.1) is 6.61 Å². The number of rotatable bonds is 20. The predicted octanol–water partition coefficient (Wildman–Crippen LogP) is 11.5.